The molecule has 30 heavy (non-hydrogen) atoms. The van der Waals surface area contributed by atoms with Crippen LogP contribution in [0.4, 0.5) is 5.69 Å². The molecule has 0 fully saturated rings. The molecular formula is C23H27N3O4. The van der Waals surface area contributed by atoms with Crippen LogP contribution in [0.5, 0.6) is 0 Å². The van der Waals surface area contributed by atoms with E-state index in [0.29, 0.717) is 17.6 Å². The Bertz CT molecular complexity index is 1030. The highest BCUT2D eigenvalue weighted by Gasteiger charge is 2.43. The molecular weight excluding hydrogens is 382 g/mol. The summed E-state index contributed by atoms with van der Waals surface area (Å²) in [6.07, 6.45) is 2.65. The van der Waals surface area contributed by atoms with Gasteiger partial charge in [-0.3, -0.25) is 10.1 Å². The van der Waals surface area contributed by atoms with Gasteiger partial charge in [0.1, 0.15) is 5.60 Å². The third-order valence-corrected chi connectivity index (χ3v) is 5.92. The number of fused-ring (bicyclic) bond motifs is 3. The standard InChI is InChI=1S/C23H27N3O4/c1-15-21(22(27)30-23(2,3)4)17(16-8-5-6-9-18(16)26(28)29)14-20-19-10-7-11-24(19)12-13-25(15)20/h5-11,17,20H,12-14H2,1-4H3/t17-,20?/m0/s1. The number of nitrogens with zero attached hydrogens (tertiary/aromatic N) is 3. The van der Waals surface area contributed by atoms with Crippen LogP contribution in [0.25, 0.3) is 0 Å². The molecule has 158 valence electrons. The molecule has 0 radical (unpaired) electrons. The summed E-state index contributed by atoms with van der Waals surface area (Å²) in [6.45, 7) is 9.06. The van der Waals surface area contributed by atoms with Crippen molar-refractivity contribution < 1.29 is 14.5 Å². The molecule has 7 heteroatoms. The quantitative estimate of drug-likeness (QED) is 0.422. The van der Waals surface area contributed by atoms with Gasteiger partial charge >= 0.3 is 5.97 Å². The zero-order valence-corrected chi connectivity index (χ0v) is 17.8. The van der Waals surface area contributed by atoms with Gasteiger partial charge in [-0.2, -0.15) is 0 Å². The van der Waals surface area contributed by atoms with Crippen LogP contribution in [0.1, 0.15) is 57.3 Å². The van der Waals surface area contributed by atoms with E-state index in [1.807, 2.05) is 33.8 Å². The second-order valence-corrected chi connectivity index (χ2v) is 8.94. The first-order chi connectivity index (χ1) is 14.2. The fourth-order valence-corrected chi connectivity index (χ4v) is 4.72. The molecule has 0 bridgehead atoms. The van der Waals surface area contributed by atoms with Crippen LogP contribution in [-0.2, 0) is 16.1 Å². The van der Waals surface area contributed by atoms with E-state index in [2.05, 4.69) is 21.7 Å². The van der Waals surface area contributed by atoms with Gasteiger partial charge in [-0.15, -0.1) is 0 Å². The molecule has 1 aromatic carbocycles. The summed E-state index contributed by atoms with van der Waals surface area (Å²) in [4.78, 5) is 26.9. The number of allylic oxidation sites excluding steroid dienone is 1. The fourth-order valence-electron chi connectivity index (χ4n) is 4.72. The Morgan fingerprint density at radius 3 is 2.60 bits per heavy atom. The van der Waals surface area contributed by atoms with Gasteiger partial charge in [0.05, 0.1) is 16.5 Å². The van der Waals surface area contributed by atoms with Gasteiger partial charge in [-0.05, 0) is 46.2 Å². The van der Waals surface area contributed by atoms with Crippen LogP contribution in [0, 0.1) is 10.1 Å². The zero-order valence-electron chi connectivity index (χ0n) is 17.8. The van der Waals surface area contributed by atoms with Gasteiger partial charge in [0, 0.05) is 48.2 Å². The maximum absolute atomic E-state index is 13.3. The molecule has 0 amide bonds. The lowest BCUT2D eigenvalue weighted by molar-refractivity contribution is -0.385. The highest BCUT2D eigenvalue weighted by molar-refractivity contribution is 5.92. The van der Waals surface area contributed by atoms with E-state index in [1.54, 1.807) is 18.2 Å². The number of hydrogen-bond acceptors (Lipinski definition) is 5. The normalized spacial score (nSPS) is 21.1. The van der Waals surface area contributed by atoms with Gasteiger partial charge < -0.3 is 14.2 Å². The molecule has 2 aliphatic rings. The summed E-state index contributed by atoms with van der Waals surface area (Å²) in [7, 11) is 0. The average molecular weight is 409 g/mol. The summed E-state index contributed by atoms with van der Waals surface area (Å²) in [5.74, 6) is -0.813. The van der Waals surface area contributed by atoms with E-state index >= 15 is 0 Å². The first-order valence-electron chi connectivity index (χ1n) is 10.3. The van der Waals surface area contributed by atoms with Crippen molar-refractivity contribution in [3.05, 3.63) is 75.2 Å². The molecule has 2 atom stereocenters. The van der Waals surface area contributed by atoms with E-state index in [9.17, 15) is 14.9 Å². The Morgan fingerprint density at radius 2 is 1.90 bits per heavy atom. The number of carbonyl (C=O) groups is 1. The number of hydrogen-bond donors (Lipinski definition) is 0. The molecule has 0 aliphatic carbocycles. The minimum Gasteiger partial charge on any atom is -0.457 e. The number of nitro benzene ring substituents is 1. The molecule has 0 N–H and O–H groups in total. The molecule has 1 unspecified atom stereocenters. The lowest BCUT2D eigenvalue weighted by Gasteiger charge is -2.45. The SMILES string of the molecule is CC1=C(C(=O)OC(C)(C)C)[C@H](c2ccccc2[N+](=O)[O-])CC2c3cccn3CCN12. The number of carbonyl (C=O) groups excluding carboxylic acids is 1. The van der Waals surface area contributed by atoms with Crippen molar-refractivity contribution in [2.75, 3.05) is 6.54 Å². The Hall–Kier alpha value is -3.09. The van der Waals surface area contributed by atoms with Gasteiger partial charge in [-0.1, -0.05) is 18.2 Å². The second-order valence-electron chi connectivity index (χ2n) is 8.94. The average Bonchev–Trinajstić information content (AvgIpc) is 3.15. The van der Waals surface area contributed by atoms with Crippen molar-refractivity contribution in [2.45, 2.75) is 58.2 Å². The Balaban J connectivity index is 1.87. The molecule has 0 spiro atoms. The number of nitro groups is 1. The number of aromatic nitrogens is 1. The van der Waals surface area contributed by atoms with Gasteiger partial charge in [0.2, 0.25) is 0 Å². The predicted octanol–water partition coefficient (Wildman–Crippen LogP) is 4.56. The third kappa shape index (κ3) is 3.49. The Morgan fingerprint density at radius 1 is 1.17 bits per heavy atom. The van der Waals surface area contributed by atoms with Crippen LogP contribution in [0.15, 0.2) is 53.9 Å². The summed E-state index contributed by atoms with van der Waals surface area (Å²) >= 11 is 0. The van der Waals surface area contributed by atoms with Crippen molar-refractivity contribution in [1.82, 2.24) is 9.47 Å². The monoisotopic (exact) mass is 409 g/mol. The van der Waals surface area contributed by atoms with E-state index < -0.39 is 17.5 Å². The van der Waals surface area contributed by atoms with Crippen molar-refractivity contribution in [2.24, 2.45) is 0 Å². The molecule has 2 aromatic rings. The number of para-hydroxylation sites is 1. The summed E-state index contributed by atoms with van der Waals surface area (Å²) in [5.41, 5.74) is 2.49. The lowest BCUT2D eigenvalue weighted by atomic mass is 9.78. The highest BCUT2D eigenvalue weighted by atomic mass is 16.6. The van der Waals surface area contributed by atoms with Crippen molar-refractivity contribution in [1.29, 1.82) is 0 Å². The Labute approximate surface area is 176 Å². The summed E-state index contributed by atoms with van der Waals surface area (Å²) in [6, 6.07) is 10.9. The van der Waals surface area contributed by atoms with Crippen molar-refractivity contribution >= 4 is 11.7 Å². The number of rotatable bonds is 3. The van der Waals surface area contributed by atoms with E-state index in [1.165, 1.54) is 11.8 Å². The second kappa shape index (κ2) is 7.31. The van der Waals surface area contributed by atoms with Crippen molar-refractivity contribution in [3.8, 4) is 0 Å². The number of benzene rings is 1. The molecule has 1 aromatic heterocycles. The topological polar surface area (TPSA) is 77.6 Å². The highest BCUT2D eigenvalue weighted by Crippen LogP contribution is 2.48. The van der Waals surface area contributed by atoms with Crippen LogP contribution in [0.3, 0.4) is 0 Å². The maximum atomic E-state index is 13.3. The van der Waals surface area contributed by atoms with Gasteiger partial charge in [0.25, 0.3) is 5.69 Å². The van der Waals surface area contributed by atoms with Crippen molar-refractivity contribution in [3.63, 3.8) is 0 Å². The summed E-state index contributed by atoms with van der Waals surface area (Å²) < 4.78 is 7.96. The number of ether oxygens (including phenoxy) is 1. The van der Waals surface area contributed by atoms with Crippen LogP contribution in [0.2, 0.25) is 0 Å². The smallest absolute Gasteiger partial charge is 0.336 e. The molecule has 0 saturated carbocycles. The van der Waals surface area contributed by atoms with Crippen LogP contribution < -0.4 is 0 Å². The van der Waals surface area contributed by atoms with E-state index in [-0.39, 0.29) is 16.7 Å². The van der Waals surface area contributed by atoms with Gasteiger partial charge in [-0.25, -0.2) is 4.79 Å². The molecule has 0 saturated heterocycles. The molecule has 4 rings (SSSR count). The Kier molecular flexibility index (Phi) is 4.92. The molecule has 7 nitrogen and oxygen atoms in total. The fraction of sp³-hybridized carbons (Fsp3) is 0.435. The zero-order chi connectivity index (χ0) is 21.6. The molecule has 2 aliphatic heterocycles. The largest absolute Gasteiger partial charge is 0.457 e. The van der Waals surface area contributed by atoms with E-state index in [4.69, 9.17) is 4.74 Å². The van der Waals surface area contributed by atoms with Gasteiger partial charge in [0.15, 0.2) is 0 Å². The predicted molar refractivity (Wildman–Crippen MR) is 113 cm³/mol. The maximum Gasteiger partial charge on any atom is 0.336 e. The first-order valence-corrected chi connectivity index (χ1v) is 10.3. The minimum absolute atomic E-state index is 0.0380. The number of esters is 1. The first kappa shape index (κ1) is 20.2. The van der Waals surface area contributed by atoms with Crippen LogP contribution >= 0.6 is 0 Å². The summed E-state index contributed by atoms with van der Waals surface area (Å²) in [5, 5.41) is 11.7. The van der Waals surface area contributed by atoms with E-state index in [0.717, 1.165) is 18.8 Å². The lowest BCUT2D eigenvalue weighted by Crippen LogP contribution is -2.43. The molecule has 3 heterocycles. The van der Waals surface area contributed by atoms with Crippen LogP contribution in [-0.4, -0.2) is 32.5 Å². The third-order valence-electron chi connectivity index (χ3n) is 5.92. The minimum atomic E-state index is -0.648.